The number of rotatable bonds is 7. The van der Waals surface area contributed by atoms with E-state index in [2.05, 4.69) is 34.4 Å². The molecule has 1 heterocycles. The molecule has 2 nitrogen and oxygen atoms in total. The summed E-state index contributed by atoms with van der Waals surface area (Å²) in [5.41, 5.74) is 0. The predicted octanol–water partition coefficient (Wildman–Crippen LogP) is 3.70. The SMILES string of the molecule is O=[C]OCCCCCc1scc2ccccc12. The zero-order valence-electron chi connectivity index (χ0n) is 9.65. The van der Waals surface area contributed by atoms with Crippen molar-refractivity contribution in [1.82, 2.24) is 0 Å². The third-order valence-electron chi connectivity index (χ3n) is 2.80. The van der Waals surface area contributed by atoms with Gasteiger partial charge in [-0.3, -0.25) is 0 Å². The van der Waals surface area contributed by atoms with Gasteiger partial charge in [-0.25, -0.2) is 4.79 Å². The Bertz CT molecular complexity index is 476. The molecule has 0 atom stereocenters. The molecule has 0 saturated carbocycles. The number of benzene rings is 1. The van der Waals surface area contributed by atoms with Crippen LogP contribution in [0.2, 0.25) is 0 Å². The number of carbonyl (C=O) groups excluding carboxylic acids is 1. The Kier molecular flexibility index (Phi) is 4.56. The molecule has 0 aliphatic rings. The number of unbranched alkanes of at least 4 members (excludes halogenated alkanes) is 2. The summed E-state index contributed by atoms with van der Waals surface area (Å²) in [6.45, 7) is 1.94. The van der Waals surface area contributed by atoms with E-state index in [-0.39, 0.29) is 0 Å². The highest BCUT2D eigenvalue weighted by Gasteiger charge is 2.02. The Labute approximate surface area is 105 Å². The van der Waals surface area contributed by atoms with Crippen LogP contribution in [0.25, 0.3) is 10.8 Å². The summed E-state index contributed by atoms with van der Waals surface area (Å²) >= 11 is 1.84. The van der Waals surface area contributed by atoms with Crippen LogP contribution >= 0.6 is 11.3 Å². The number of ether oxygens (including phenoxy) is 1. The lowest BCUT2D eigenvalue weighted by atomic mass is 10.1. The highest BCUT2D eigenvalue weighted by molar-refractivity contribution is 7.11. The van der Waals surface area contributed by atoms with Crippen LogP contribution in [0.4, 0.5) is 0 Å². The van der Waals surface area contributed by atoms with Crippen LogP contribution in [0.15, 0.2) is 29.6 Å². The van der Waals surface area contributed by atoms with E-state index in [1.807, 2.05) is 11.3 Å². The Morgan fingerprint density at radius 1 is 1.18 bits per heavy atom. The fraction of sp³-hybridized carbons (Fsp3) is 0.357. The standard InChI is InChI=1S/C14H15O2S/c15-11-16-9-5-1-2-8-14-13-7-4-3-6-12(13)10-17-14/h3-4,6-7,10H,1-2,5,8-9H2. The molecule has 89 valence electrons. The molecule has 17 heavy (non-hydrogen) atoms. The first kappa shape index (κ1) is 12.1. The van der Waals surface area contributed by atoms with E-state index in [1.165, 1.54) is 22.1 Å². The molecule has 2 aromatic rings. The summed E-state index contributed by atoms with van der Waals surface area (Å²) in [6.07, 6.45) is 4.28. The highest BCUT2D eigenvalue weighted by Crippen LogP contribution is 2.26. The van der Waals surface area contributed by atoms with E-state index in [0.29, 0.717) is 6.61 Å². The van der Waals surface area contributed by atoms with Gasteiger partial charge in [0.2, 0.25) is 0 Å². The van der Waals surface area contributed by atoms with Gasteiger partial charge in [0.05, 0.1) is 6.61 Å². The van der Waals surface area contributed by atoms with Gasteiger partial charge in [-0.15, -0.1) is 11.3 Å². The molecule has 0 aliphatic carbocycles. The Hall–Kier alpha value is -1.35. The molecule has 0 fully saturated rings. The second-order valence-corrected chi connectivity index (χ2v) is 4.95. The third kappa shape index (κ3) is 3.30. The molecular weight excluding hydrogens is 232 g/mol. The van der Waals surface area contributed by atoms with E-state index >= 15 is 0 Å². The van der Waals surface area contributed by atoms with Gasteiger partial charge in [-0.2, -0.15) is 0 Å². The summed E-state index contributed by atoms with van der Waals surface area (Å²) in [5.74, 6) is 0. The van der Waals surface area contributed by atoms with Crippen molar-refractivity contribution in [3.63, 3.8) is 0 Å². The van der Waals surface area contributed by atoms with E-state index in [0.717, 1.165) is 25.7 Å². The third-order valence-corrected chi connectivity index (χ3v) is 3.88. The molecule has 1 aromatic carbocycles. The number of thiophene rings is 1. The molecular formula is C14H15O2S. The minimum absolute atomic E-state index is 0.495. The molecule has 0 bridgehead atoms. The van der Waals surface area contributed by atoms with Gasteiger partial charge in [0.1, 0.15) is 0 Å². The van der Waals surface area contributed by atoms with Crippen LogP contribution in [0, 0.1) is 0 Å². The zero-order valence-corrected chi connectivity index (χ0v) is 10.5. The molecule has 0 amide bonds. The lowest BCUT2D eigenvalue weighted by Crippen LogP contribution is -1.92. The lowest BCUT2D eigenvalue weighted by molar-refractivity contribution is 0.269. The normalized spacial score (nSPS) is 10.6. The van der Waals surface area contributed by atoms with Crippen molar-refractivity contribution < 1.29 is 9.53 Å². The van der Waals surface area contributed by atoms with Crippen LogP contribution in [0.1, 0.15) is 24.1 Å². The molecule has 0 spiro atoms. The average Bonchev–Trinajstić information content (AvgIpc) is 2.77. The molecule has 0 unspecified atom stereocenters. The van der Waals surface area contributed by atoms with Gasteiger partial charge in [0, 0.05) is 4.88 Å². The van der Waals surface area contributed by atoms with Gasteiger partial charge in [-0.1, -0.05) is 24.3 Å². The minimum Gasteiger partial charge on any atom is -0.457 e. The summed E-state index contributed by atoms with van der Waals surface area (Å²) in [5, 5.41) is 4.94. The van der Waals surface area contributed by atoms with Gasteiger partial charge < -0.3 is 4.74 Å². The molecule has 2 rings (SSSR count). The zero-order chi connectivity index (χ0) is 11.9. The number of fused-ring (bicyclic) bond motifs is 1. The van der Waals surface area contributed by atoms with Crippen LogP contribution in [0.5, 0.6) is 0 Å². The van der Waals surface area contributed by atoms with Gasteiger partial charge >= 0.3 is 6.47 Å². The number of aryl methyl sites for hydroxylation is 1. The topological polar surface area (TPSA) is 26.3 Å². The molecule has 1 radical (unpaired) electrons. The van der Waals surface area contributed by atoms with Crippen LogP contribution in [-0.4, -0.2) is 13.1 Å². The van der Waals surface area contributed by atoms with Crippen LogP contribution in [0.3, 0.4) is 0 Å². The average molecular weight is 247 g/mol. The van der Waals surface area contributed by atoms with Gasteiger partial charge in [0.25, 0.3) is 0 Å². The fourth-order valence-electron chi connectivity index (χ4n) is 1.92. The first-order chi connectivity index (χ1) is 8.42. The first-order valence-corrected chi connectivity index (χ1v) is 6.74. The van der Waals surface area contributed by atoms with E-state index in [4.69, 9.17) is 0 Å². The van der Waals surface area contributed by atoms with E-state index in [1.54, 1.807) is 0 Å². The smallest absolute Gasteiger partial charge is 0.417 e. The largest absolute Gasteiger partial charge is 0.457 e. The van der Waals surface area contributed by atoms with Crippen molar-refractivity contribution in [3.8, 4) is 0 Å². The number of hydrogen-bond donors (Lipinski definition) is 0. The predicted molar refractivity (Wildman–Crippen MR) is 71.0 cm³/mol. The van der Waals surface area contributed by atoms with Crippen molar-refractivity contribution in [2.24, 2.45) is 0 Å². The first-order valence-electron chi connectivity index (χ1n) is 5.86. The maximum atomic E-state index is 9.83. The summed E-state index contributed by atoms with van der Waals surface area (Å²) < 4.78 is 4.54. The van der Waals surface area contributed by atoms with E-state index in [9.17, 15) is 4.79 Å². The second kappa shape index (κ2) is 6.40. The monoisotopic (exact) mass is 247 g/mol. The maximum absolute atomic E-state index is 9.83. The molecule has 0 N–H and O–H groups in total. The van der Waals surface area contributed by atoms with Crippen molar-refractivity contribution in [3.05, 3.63) is 34.5 Å². The van der Waals surface area contributed by atoms with E-state index < -0.39 is 0 Å². The fourth-order valence-corrected chi connectivity index (χ4v) is 2.97. The lowest BCUT2D eigenvalue weighted by Gasteiger charge is -2.00. The summed E-state index contributed by atoms with van der Waals surface area (Å²) in [6, 6.07) is 8.51. The maximum Gasteiger partial charge on any atom is 0.417 e. The molecule has 3 heteroatoms. The van der Waals surface area contributed by atoms with Crippen molar-refractivity contribution in [2.45, 2.75) is 25.7 Å². The van der Waals surface area contributed by atoms with Crippen molar-refractivity contribution in [2.75, 3.05) is 6.61 Å². The summed E-state index contributed by atoms with van der Waals surface area (Å²) in [7, 11) is 0. The van der Waals surface area contributed by atoms with Gasteiger partial charge in [-0.05, 0) is 41.8 Å². The Morgan fingerprint density at radius 2 is 2.06 bits per heavy atom. The summed E-state index contributed by atoms with van der Waals surface area (Å²) in [4.78, 5) is 11.3. The molecule has 0 saturated heterocycles. The minimum atomic E-state index is 0.495. The quantitative estimate of drug-likeness (QED) is 0.697. The Morgan fingerprint density at radius 3 is 2.94 bits per heavy atom. The van der Waals surface area contributed by atoms with Gasteiger partial charge in [0.15, 0.2) is 0 Å². The van der Waals surface area contributed by atoms with Crippen molar-refractivity contribution in [1.29, 1.82) is 0 Å². The second-order valence-electron chi connectivity index (χ2n) is 3.99. The number of hydrogen-bond acceptors (Lipinski definition) is 3. The molecule has 1 aromatic heterocycles. The van der Waals surface area contributed by atoms with Crippen LogP contribution in [-0.2, 0) is 16.0 Å². The highest BCUT2D eigenvalue weighted by atomic mass is 32.1. The Balaban J connectivity index is 1.81. The molecule has 0 aliphatic heterocycles. The van der Waals surface area contributed by atoms with Crippen molar-refractivity contribution >= 4 is 28.6 Å². The van der Waals surface area contributed by atoms with Crippen LogP contribution < -0.4 is 0 Å².